The second kappa shape index (κ2) is 5.34. The van der Waals surface area contributed by atoms with Crippen LogP contribution in [-0.4, -0.2) is 17.9 Å². The molecule has 17 heavy (non-hydrogen) atoms. The van der Waals surface area contributed by atoms with Gasteiger partial charge < -0.3 is 0 Å². The van der Waals surface area contributed by atoms with Gasteiger partial charge in [0.25, 0.3) is 0 Å². The van der Waals surface area contributed by atoms with E-state index in [0.717, 1.165) is 6.07 Å². The molecule has 1 aromatic carbocycles. The van der Waals surface area contributed by atoms with Crippen molar-refractivity contribution in [3.8, 4) is 0 Å². The number of benzene rings is 1. The van der Waals surface area contributed by atoms with Crippen LogP contribution in [0.1, 0.15) is 26.3 Å². The lowest BCUT2D eigenvalue weighted by Crippen LogP contribution is -2.15. The molecule has 0 aliphatic carbocycles. The van der Waals surface area contributed by atoms with Gasteiger partial charge >= 0.3 is 6.18 Å². The molecule has 0 unspecified atom stereocenters. The molecule has 0 spiro atoms. The average molecular weight is 376 g/mol. The lowest BCUT2D eigenvalue weighted by molar-refractivity contribution is -0.137. The molecule has 2 nitrogen and oxygen atoms in total. The third-order valence-corrected chi connectivity index (χ3v) is 2.86. The van der Waals surface area contributed by atoms with Gasteiger partial charge in [-0.1, -0.05) is 0 Å². The van der Waals surface area contributed by atoms with E-state index in [1.165, 1.54) is 6.07 Å². The number of carbonyl (C=O) groups is 2. The molecule has 1 aromatic rings. The highest BCUT2D eigenvalue weighted by atomic mass is 127. The third-order valence-electron chi connectivity index (χ3n) is 1.99. The molecule has 0 fully saturated rings. The van der Waals surface area contributed by atoms with E-state index in [9.17, 15) is 22.8 Å². The standard InChI is InChI=1S/C10H5ClF3IO2/c11-3-9(17)6-1-5(15)2-8(7(6)4-16)10(12,13)14/h1-2,4H,3H2. The third kappa shape index (κ3) is 3.19. The number of aldehydes is 1. The Morgan fingerprint density at radius 3 is 2.41 bits per heavy atom. The SMILES string of the molecule is O=Cc1c(C(=O)CCl)cc(I)cc1C(F)(F)F. The van der Waals surface area contributed by atoms with Crippen molar-refractivity contribution in [3.05, 3.63) is 32.4 Å². The highest BCUT2D eigenvalue weighted by Gasteiger charge is 2.35. The Morgan fingerprint density at radius 1 is 1.41 bits per heavy atom. The molecular weight excluding hydrogens is 371 g/mol. The highest BCUT2D eigenvalue weighted by molar-refractivity contribution is 14.1. The van der Waals surface area contributed by atoms with Gasteiger partial charge in [0.15, 0.2) is 12.1 Å². The Hall–Kier alpha value is -0.630. The average Bonchev–Trinajstić information content (AvgIpc) is 2.25. The zero-order valence-electron chi connectivity index (χ0n) is 8.15. The Labute approximate surface area is 113 Å². The molecule has 0 radical (unpaired) electrons. The van der Waals surface area contributed by atoms with Crippen molar-refractivity contribution in [1.29, 1.82) is 0 Å². The van der Waals surface area contributed by atoms with Crippen molar-refractivity contribution in [2.24, 2.45) is 0 Å². The van der Waals surface area contributed by atoms with Gasteiger partial charge in [0.1, 0.15) is 0 Å². The van der Waals surface area contributed by atoms with Crippen LogP contribution in [0.4, 0.5) is 13.2 Å². The molecule has 0 aliphatic heterocycles. The van der Waals surface area contributed by atoms with E-state index < -0.39 is 29.0 Å². The first-order valence-electron chi connectivity index (χ1n) is 4.26. The van der Waals surface area contributed by atoms with Crippen molar-refractivity contribution in [1.82, 2.24) is 0 Å². The van der Waals surface area contributed by atoms with Gasteiger partial charge in [-0.15, -0.1) is 11.6 Å². The second-order valence-corrected chi connectivity index (χ2v) is 4.60. The number of carbonyl (C=O) groups excluding carboxylic acids is 2. The Kier molecular flexibility index (Phi) is 4.54. The fraction of sp³-hybridized carbons (Fsp3) is 0.200. The van der Waals surface area contributed by atoms with Gasteiger partial charge in [0, 0.05) is 14.7 Å². The molecule has 0 atom stereocenters. The minimum absolute atomic E-state index is 0.0265. The number of Topliss-reactive ketones (excluding diaryl/α,β-unsaturated/α-hetero) is 1. The monoisotopic (exact) mass is 376 g/mol. The number of alkyl halides is 4. The summed E-state index contributed by atoms with van der Waals surface area (Å²) >= 11 is 6.93. The summed E-state index contributed by atoms with van der Waals surface area (Å²) in [6, 6.07) is 2.03. The fourth-order valence-corrected chi connectivity index (χ4v) is 2.05. The summed E-state index contributed by atoms with van der Waals surface area (Å²) in [5, 5.41) is 0. The van der Waals surface area contributed by atoms with Gasteiger partial charge in [-0.05, 0) is 34.7 Å². The molecule has 7 heteroatoms. The predicted molar refractivity (Wildman–Crippen MR) is 64.6 cm³/mol. The second-order valence-electron chi connectivity index (χ2n) is 3.09. The summed E-state index contributed by atoms with van der Waals surface area (Å²) in [6.45, 7) is 0. The lowest BCUT2D eigenvalue weighted by atomic mass is 9.99. The number of hydrogen-bond donors (Lipinski definition) is 0. The minimum Gasteiger partial charge on any atom is -0.298 e. The Morgan fingerprint density at radius 2 is 2.00 bits per heavy atom. The van der Waals surface area contributed by atoms with Crippen molar-refractivity contribution in [3.63, 3.8) is 0 Å². The number of hydrogen-bond acceptors (Lipinski definition) is 2. The molecular formula is C10H5ClF3IO2. The van der Waals surface area contributed by atoms with Crippen LogP contribution in [0.25, 0.3) is 0 Å². The zero-order chi connectivity index (χ0) is 13.2. The fourth-order valence-electron chi connectivity index (χ4n) is 1.28. The van der Waals surface area contributed by atoms with E-state index in [4.69, 9.17) is 11.6 Å². The largest absolute Gasteiger partial charge is 0.417 e. The van der Waals surface area contributed by atoms with Gasteiger partial charge in [0.05, 0.1) is 11.4 Å². The summed E-state index contributed by atoms with van der Waals surface area (Å²) in [5.74, 6) is -1.18. The Bertz CT molecular complexity index is 471. The van der Waals surface area contributed by atoms with Gasteiger partial charge in [-0.3, -0.25) is 9.59 Å². The zero-order valence-corrected chi connectivity index (χ0v) is 11.1. The maximum absolute atomic E-state index is 12.7. The number of ketones is 1. The van der Waals surface area contributed by atoms with Gasteiger partial charge in [-0.25, -0.2) is 0 Å². The van der Waals surface area contributed by atoms with Crippen molar-refractivity contribution in [2.45, 2.75) is 6.18 Å². The lowest BCUT2D eigenvalue weighted by Gasteiger charge is -2.12. The van der Waals surface area contributed by atoms with Crippen LogP contribution in [0.3, 0.4) is 0 Å². The van der Waals surface area contributed by atoms with Crippen LogP contribution < -0.4 is 0 Å². The van der Waals surface area contributed by atoms with E-state index in [-0.39, 0.29) is 15.4 Å². The molecule has 0 aliphatic rings. The summed E-state index contributed by atoms with van der Waals surface area (Å²) in [6.07, 6.45) is -4.66. The summed E-state index contributed by atoms with van der Waals surface area (Å²) in [7, 11) is 0. The molecule has 0 bridgehead atoms. The molecule has 0 saturated heterocycles. The molecule has 0 heterocycles. The van der Waals surface area contributed by atoms with Crippen LogP contribution in [0.2, 0.25) is 0 Å². The van der Waals surface area contributed by atoms with Crippen molar-refractivity contribution >= 4 is 46.3 Å². The van der Waals surface area contributed by atoms with Crippen LogP contribution in [0, 0.1) is 3.57 Å². The molecule has 0 saturated carbocycles. The first-order chi connectivity index (χ1) is 7.81. The van der Waals surface area contributed by atoms with Crippen LogP contribution in [0.15, 0.2) is 12.1 Å². The molecule has 92 valence electrons. The van der Waals surface area contributed by atoms with Crippen LogP contribution >= 0.6 is 34.2 Å². The number of rotatable bonds is 3. The maximum atomic E-state index is 12.7. The Balaban J connectivity index is 3.57. The molecule has 0 N–H and O–H groups in total. The highest BCUT2D eigenvalue weighted by Crippen LogP contribution is 2.34. The van der Waals surface area contributed by atoms with E-state index in [1.54, 1.807) is 22.6 Å². The van der Waals surface area contributed by atoms with Crippen molar-refractivity contribution < 1.29 is 22.8 Å². The van der Waals surface area contributed by atoms with E-state index >= 15 is 0 Å². The van der Waals surface area contributed by atoms with Gasteiger partial charge in [0.2, 0.25) is 0 Å². The summed E-state index contributed by atoms with van der Waals surface area (Å²) in [4.78, 5) is 22.1. The topological polar surface area (TPSA) is 34.1 Å². The molecule has 1 rings (SSSR count). The van der Waals surface area contributed by atoms with Crippen LogP contribution in [-0.2, 0) is 6.18 Å². The van der Waals surface area contributed by atoms with Crippen molar-refractivity contribution in [2.75, 3.05) is 5.88 Å². The smallest absolute Gasteiger partial charge is 0.298 e. The predicted octanol–water partition coefficient (Wildman–Crippen LogP) is 3.54. The molecule has 0 amide bonds. The summed E-state index contributed by atoms with van der Waals surface area (Å²) in [5.41, 5.74) is -2.08. The quantitative estimate of drug-likeness (QED) is 0.350. The number of halogens is 5. The van der Waals surface area contributed by atoms with Crippen LogP contribution in [0.5, 0.6) is 0 Å². The minimum atomic E-state index is -4.68. The van der Waals surface area contributed by atoms with E-state index in [1.807, 2.05) is 0 Å². The maximum Gasteiger partial charge on any atom is 0.417 e. The van der Waals surface area contributed by atoms with Gasteiger partial charge in [-0.2, -0.15) is 13.2 Å². The summed E-state index contributed by atoms with van der Waals surface area (Å²) < 4.78 is 38.2. The van der Waals surface area contributed by atoms with E-state index in [0.29, 0.717) is 0 Å². The first kappa shape index (κ1) is 14.4. The molecule has 0 aromatic heterocycles. The van der Waals surface area contributed by atoms with E-state index in [2.05, 4.69) is 0 Å². The first-order valence-corrected chi connectivity index (χ1v) is 5.87. The normalized spacial score (nSPS) is 11.4.